The van der Waals surface area contributed by atoms with Gasteiger partial charge in [0.25, 0.3) is 17.2 Å². The predicted molar refractivity (Wildman–Crippen MR) is 188 cm³/mol. The van der Waals surface area contributed by atoms with Crippen LogP contribution in [0.3, 0.4) is 0 Å². The average molecular weight is 726 g/mol. The smallest absolute Gasteiger partial charge is 0.271 e. The van der Waals surface area contributed by atoms with Crippen LogP contribution in [0.1, 0.15) is 36.6 Å². The van der Waals surface area contributed by atoms with Gasteiger partial charge in [-0.25, -0.2) is 4.99 Å². The molecule has 48 heavy (non-hydrogen) atoms. The zero-order valence-electron chi connectivity index (χ0n) is 25.9. The van der Waals surface area contributed by atoms with E-state index in [0.29, 0.717) is 48.9 Å². The number of carbonyl (C=O) groups is 1. The van der Waals surface area contributed by atoms with Crippen LogP contribution in [0.4, 0.5) is 11.4 Å². The van der Waals surface area contributed by atoms with Gasteiger partial charge in [-0.05, 0) is 101 Å². The molecule has 0 radical (unpaired) electrons. The highest BCUT2D eigenvalue weighted by Gasteiger charge is 2.32. The standard InChI is InChI=1S/C36H29BrN4O6S/c1-3-46-28-16-12-25(13-17-28)33-32(34(42)39-26-7-5-4-6-8-26)22(2)38-36-40(33)35(43)31(48-36)20-24-11-18-30(29(37)19-24)47-21-23-9-14-27(15-10-23)41(44)45/h4-20,33H,3,21H2,1-2H3,(H,39,42)/b31-20-/t33-/m1/s1. The largest absolute Gasteiger partial charge is 0.494 e. The molecule has 1 amide bonds. The number of anilines is 1. The minimum absolute atomic E-state index is 0.0159. The van der Waals surface area contributed by atoms with Crippen molar-refractivity contribution in [3.8, 4) is 11.5 Å². The van der Waals surface area contributed by atoms with Crippen LogP contribution in [0.25, 0.3) is 6.08 Å². The third-order valence-electron chi connectivity index (χ3n) is 7.60. The minimum atomic E-state index is -0.718. The number of nitro groups is 1. The van der Waals surface area contributed by atoms with Gasteiger partial charge in [-0.3, -0.25) is 24.3 Å². The summed E-state index contributed by atoms with van der Waals surface area (Å²) in [6, 6.07) is 27.5. The van der Waals surface area contributed by atoms with Crippen molar-refractivity contribution in [3.05, 3.63) is 159 Å². The lowest BCUT2D eigenvalue weighted by Crippen LogP contribution is -2.40. The zero-order valence-corrected chi connectivity index (χ0v) is 28.3. The Hall–Kier alpha value is -5.33. The molecule has 0 unspecified atom stereocenters. The summed E-state index contributed by atoms with van der Waals surface area (Å²) in [5, 5.41) is 13.9. The number of hydrogen-bond donors (Lipinski definition) is 1. The average Bonchev–Trinajstić information content (AvgIpc) is 3.38. The number of nitrogens with one attached hydrogen (secondary N) is 1. The van der Waals surface area contributed by atoms with Crippen molar-refractivity contribution < 1.29 is 19.2 Å². The van der Waals surface area contributed by atoms with Crippen molar-refractivity contribution in [1.82, 2.24) is 4.57 Å². The number of nitro benzene ring substituents is 1. The molecule has 1 aliphatic heterocycles. The number of allylic oxidation sites excluding steroid dienone is 1. The lowest BCUT2D eigenvalue weighted by Gasteiger charge is -2.25. The maximum Gasteiger partial charge on any atom is 0.271 e. The van der Waals surface area contributed by atoms with Crippen LogP contribution >= 0.6 is 27.3 Å². The maximum absolute atomic E-state index is 14.1. The van der Waals surface area contributed by atoms with Crippen LogP contribution in [0.2, 0.25) is 0 Å². The predicted octanol–water partition coefficient (Wildman–Crippen LogP) is 6.52. The number of nitrogens with zero attached hydrogens (tertiary/aromatic N) is 3. The number of non-ortho nitro benzene ring substituents is 1. The van der Waals surface area contributed by atoms with E-state index in [1.807, 2.05) is 61.5 Å². The van der Waals surface area contributed by atoms with Gasteiger partial charge in [0, 0.05) is 17.8 Å². The van der Waals surface area contributed by atoms with Gasteiger partial charge in [0.15, 0.2) is 4.80 Å². The molecule has 10 nitrogen and oxygen atoms in total. The zero-order chi connectivity index (χ0) is 33.8. The molecule has 0 saturated heterocycles. The monoisotopic (exact) mass is 724 g/mol. The SMILES string of the molecule is CCOc1ccc([C@@H]2C(C(=O)Nc3ccccc3)=C(C)N=c3s/c(=C\c4ccc(OCc5ccc([N+](=O)[O-])cc5)c(Br)c4)c(=O)n32)cc1. The van der Waals surface area contributed by atoms with Crippen molar-refractivity contribution in [2.45, 2.75) is 26.5 Å². The topological polar surface area (TPSA) is 125 Å². The van der Waals surface area contributed by atoms with E-state index in [1.165, 1.54) is 23.5 Å². The lowest BCUT2D eigenvalue weighted by molar-refractivity contribution is -0.384. The number of benzene rings is 4. The van der Waals surface area contributed by atoms with Crippen LogP contribution < -0.4 is 29.7 Å². The van der Waals surface area contributed by atoms with Gasteiger partial charge >= 0.3 is 0 Å². The summed E-state index contributed by atoms with van der Waals surface area (Å²) in [5.41, 5.74) is 3.56. The molecule has 1 aromatic heterocycles. The fourth-order valence-electron chi connectivity index (χ4n) is 5.31. The second-order valence-electron chi connectivity index (χ2n) is 10.8. The molecular weight excluding hydrogens is 696 g/mol. The van der Waals surface area contributed by atoms with E-state index in [2.05, 4.69) is 21.2 Å². The molecule has 1 atom stereocenters. The molecule has 1 aliphatic rings. The Bertz CT molecular complexity index is 2210. The summed E-state index contributed by atoms with van der Waals surface area (Å²) in [7, 11) is 0. The highest BCUT2D eigenvalue weighted by atomic mass is 79.9. The molecule has 4 aromatic carbocycles. The van der Waals surface area contributed by atoms with Crippen molar-refractivity contribution in [1.29, 1.82) is 0 Å². The number of para-hydroxylation sites is 1. The first-order valence-corrected chi connectivity index (χ1v) is 16.6. The highest BCUT2D eigenvalue weighted by molar-refractivity contribution is 9.10. The van der Waals surface area contributed by atoms with Crippen molar-refractivity contribution >= 4 is 50.6 Å². The van der Waals surface area contributed by atoms with Gasteiger partial charge in [0.2, 0.25) is 0 Å². The van der Waals surface area contributed by atoms with Crippen molar-refractivity contribution in [2.24, 2.45) is 4.99 Å². The Labute approximate surface area is 287 Å². The molecule has 0 saturated carbocycles. The Morgan fingerprint density at radius 3 is 2.44 bits per heavy atom. The molecule has 0 aliphatic carbocycles. The van der Waals surface area contributed by atoms with E-state index < -0.39 is 11.0 Å². The van der Waals surface area contributed by atoms with Crippen LogP contribution in [0.5, 0.6) is 11.5 Å². The Kier molecular flexibility index (Phi) is 9.65. The molecule has 12 heteroatoms. The van der Waals surface area contributed by atoms with Gasteiger partial charge in [0.05, 0.1) is 37.8 Å². The van der Waals surface area contributed by atoms with Gasteiger partial charge in [-0.2, -0.15) is 0 Å². The van der Waals surface area contributed by atoms with Crippen molar-refractivity contribution in [2.75, 3.05) is 11.9 Å². The van der Waals surface area contributed by atoms with Crippen LogP contribution in [0, 0.1) is 10.1 Å². The molecular formula is C36H29BrN4O6S. The fraction of sp³-hybridized carbons (Fsp3) is 0.139. The van der Waals surface area contributed by atoms with Gasteiger partial charge in [0.1, 0.15) is 18.1 Å². The molecule has 0 bridgehead atoms. The molecule has 0 fully saturated rings. The summed E-state index contributed by atoms with van der Waals surface area (Å²) >= 11 is 4.81. The Balaban J connectivity index is 1.33. The molecule has 242 valence electrons. The number of fused-ring (bicyclic) bond motifs is 1. The summed E-state index contributed by atoms with van der Waals surface area (Å²) < 4.78 is 14.3. The Morgan fingerprint density at radius 2 is 1.77 bits per heavy atom. The first kappa shape index (κ1) is 32.6. The third-order valence-corrected chi connectivity index (χ3v) is 9.20. The summed E-state index contributed by atoms with van der Waals surface area (Å²) in [6.45, 7) is 4.43. The highest BCUT2D eigenvalue weighted by Crippen LogP contribution is 2.32. The number of hydrogen-bond acceptors (Lipinski definition) is 8. The quantitative estimate of drug-likeness (QED) is 0.129. The van der Waals surface area contributed by atoms with E-state index in [-0.39, 0.29) is 23.8 Å². The normalized spacial score (nSPS) is 14.2. The van der Waals surface area contributed by atoms with Crippen LogP contribution in [-0.4, -0.2) is 22.0 Å². The summed E-state index contributed by atoms with van der Waals surface area (Å²) in [5.74, 6) is 0.923. The number of aromatic nitrogens is 1. The lowest BCUT2D eigenvalue weighted by atomic mass is 9.95. The third kappa shape index (κ3) is 6.99. The van der Waals surface area contributed by atoms with E-state index in [0.717, 1.165) is 16.7 Å². The Morgan fingerprint density at radius 1 is 1.04 bits per heavy atom. The number of ether oxygens (including phenoxy) is 2. The number of thiazole rings is 1. The molecule has 0 spiro atoms. The van der Waals surface area contributed by atoms with E-state index in [9.17, 15) is 19.7 Å². The second kappa shape index (κ2) is 14.2. The first-order valence-electron chi connectivity index (χ1n) is 15.0. The van der Waals surface area contributed by atoms with E-state index in [4.69, 9.17) is 14.5 Å². The number of halogens is 1. The molecule has 1 N–H and O–H groups in total. The summed E-state index contributed by atoms with van der Waals surface area (Å²) in [4.78, 5) is 43.6. The molecule has 5 aromatic rings. The molecule has 6 rings (SSSR count). The van der Waals surface area contributed by atoms with E-state index in [1.54, 1.807) is 47.9 Å². The number of rotatable bonds is 10. The minimum Gasteiger partial charge on any atom is -0.494 e. The van der Waals surface area contributed by atoms with Crippen LogP contribution in [0.15, 0.2) is 123 Å². The van der Waals surface area contributed by atoms with Gasteiger partial charge in [-0.1, -0.05) is 47.7 Å². The fourth-order valence-corrected chi connectivity index (χ4v) is 6.87. The summed E-state index contributed by atoms with van der Waals surface area (Å²) in [6.07, 6.45) is 1.78. The van der Waals surface area contributed by atoms with Gasteiger partial charge in [-0.15, -0.1) is 0 Å². The second-order valence-corrected chi connectivity index (χ2v) is 12.7. The molecule has 2 heterocycles. The van der Waals surface area contributed by atoms with E-state index >= 15 is 0 Å². The number of carbonyl (C=O) groups excluding carboxylic acids is 1. The number of amides is 1. The first-order chi connectivity index (χ1) is 23.2. The van der Waals surface area contributed by atoms with Gasteiger partial charge < -0.3 is 14.8 Å². The van der Waals surface area contributed by atoms with Crippen LogP contribution in [-0.2, 0) is 11.4 Å². The van der Waals surface area contributed by atoms with Crippen molar-refractivity contribution in [3.63, 3.8) is 0 Å². The maximum atomic E-state index is 14.1.